The molecule has 2 aromatic carbocycles. The number of aromatic nitrogens is 1. The molecule has 0 unspecified atom stereocenters. The number of aryl methyl sites for hydroxylation is 2. The van der Waals surface area contributed by atoms with Crippen molar-refractivity contribution in [2.24, 2.45) is 0 Å². The standard InChI is InChI=1S/C18H18N2O2/c1-12-6-8-16(17(21)10-12)20-18(22)9-7-13-11-19-15-5-3-2-4-14(13)15/h2-6,8,10-11,19,21H,7,9H2,1H3,(H,20,22). The van der Waals surface area contributed by atoms with Crippen molar-refractivity contribution < 1.29 is 9.90 Å². The highest BCUT2D eigenvalue weighted by molar-refractivity contribution is 5.93. The zero-order valence-corrected chi connectivity index (χ0v) is 12.4. The van der Waals surface area contributed by atoms with Gasteiger partial charge < -0.3 is 15.4 Å². The number of aromatic amines is 1. The monoisotopic (exact) mass is 294 g/mol. The van der Waals surface area contributed by atoms with Crippen molar-refractivity contribution >= 4 is 22.5 Å². The van der Waals surface area contributed by atoms with Gasteiger partial charge in [-0.25, -0.2) is 0 Å². The summed E-state index contributed by atoms with van der Waals surface area (Å²) in [6, 6.07) is 13.2. The number of hydrogen-bond donors (Lipinski definition) is 3. The minimum Gasteiger partial charge on any atom is -0.506 e. The second-order valence-corrected chi connectivity index (χ2v) is 5.43. The fourth-order valence-electron chi connectivity index (χ4n) is 2.55. The van der Waals surface area contributed by atoms with Crippen molar-refractivity contribution in [2.45, 2.75) is 19.8 Å². The number of phenols is 1. The molecule has 0 bridgehead atoms. The summed E-state index contributed by atoms with van der Waals surface area (Å²) in [6.07, 6.45) is 2.97. The Kier molecular flexibility index (Phi) is 3.83. The minimum atomic E-state index is -0.107. The third-order valence-electron chi connectivity index (χ3n) is 3.72. The smallest absolute Gasteiger partial charge is 0.224 e. The lowest BCUT2D eigenvalue weighted by atomic mass is 10.1. The van der Waals surface area contributed by atoms with Crippen LogP contribution in [0.25, 0.3) is 10.9 Å². The number of para-hydroxylation sites is 1. The normalized spacial score (nSPS) is 10.8. The molecule has 112 valence electrons. The van der Waals surface area contributed by atoms with Gasteiger partial charge in [-0.1, -0.05) is 24.3 Å². The topological polar surface area (TPSA) is 65.1 Å². The average Bonchev–Trinajstić information content (AvgIpc) is 2.91. The van der Waals surface area contributed by atoms with Gasteiger partial charge >= 0.3 is 0 Å². The number of rotatable bonds is 4. The molecule has 0 aliphatic rings. The van der Waals surface area contributed by atoms with Crippen molar-refractivity contribution in [1.29, 1.82) is 0 Å². The Labute approximate surface area is 128 Å². The molecule has 0 radical (unpaired) electrons. The van der Waals surface area contributed by atoms with Crippen molar-refractivity contribution in [1.82, 2.24) is 4.98 Å². The molecule has 3 aromatic rings. The number of H-pyrrole nitrogens is 1. The molecule has 4 nitrogen and oxygen atoms in total. The van der Waals surface area contributed by atoms with Gasteiger partial charge in [0.15, 0.2) is 0 Å². The van der Waals surface area contributed by atoms with Crippen LogP contribution in [0.15, 0.2) is 48.7 Å². The van der Waals surface area contributed by atoms with Gasteiger partial charge in [-0.2, -0.15) is 0 Å². The third kappa shape index (κ3) is 2.96. The lowest BCUT2D eigenvalue weighted by Gasteiger charge is -2.07. The van der Waals surface area contributed by atoms with Crippen LogP contribution in [0, 0.1) is 6.92 Å². The molecule has 0 saturated carbocycles. The van der Waals surface area contributed by atoms with E-state index in [0.29, 0.717) is 18.5 Å². The minimum absolute atomic E-state index is 0.0976. The molecule has 3 rings (SSSR count). The van der Waals surface area contributed by atoms with E-state index in [-0.39, 0.29) is 11.7 Å². The van der Waals surface area contributed by atoms with Gasteiger partial charge in [0.1, 0.15) is 5.75 Å². The molecular formula is C18H18N2O2. The van der Waals surface area contributed by atoms with Crippen LogP contribution in [0.2, 0.25) is 0 Å². The molecule has 0 atom stereocenters. The predicted octanol–water partition coefficient (Wildman–Crippen LogP) is 3.75. The van der Waals surface area contributed by atoms with E-state index in [4.69, 9.17) is 0 Å². The Morgan fingerprint density at radius 2 is 2.05 bits per heavy atom. The molecule has 22 heavy (non-hydrogen) atoms. The van der Waals surface area contributed by atoms with E-state index in [2.05, 4.69) is 10.3 Å². The van der Waals surface area contributed by atoms with Crippen molar-refractivity contribution in [3.05, 3.63) is 59.8 Å². The summed E-state index contributed by atoms with van der Waals surface area (Å²) in [5.74, 6) is -0.00937. The molecule has 0 aliphatic carbocycles. The first-order valence-electron chi connectivity index (χ1n) is 7.28. The first-order valence-corrected chi connectivity index (χ1v) is 7.28. The van der Waals surface area contributed by atoms with Gasteiger partial charge in [0.05, 0.1) is 5.69 Å². The fraction of sp³-hybridized carbons (Fsp3) is 0.167. The lowest BCUT2D eigenvalue weighted by Crippen LogP contribution is -2.12. The molecule has 0 aliphatic heterocycles. The van der Waals surface area contributed by atoms with Crippen molar-refractivity contribution in [2.75, 3.05) is 5.32 Å². The number of anilines is 1. The van der Waals surface area contributed by atoms with Crippen LogP contribution in [-0.2, 0) is 11.2 Å². The zero-order valence-electron chi connectivity index (χ0n) is 12.4. The Morgan fingerprint density at radius 1 is 1.23 bits per heavy atom. The van der Waals surface area contributed by atoms with Crippen molar-refractivity contribution in [3.63, 3.8) is 0 Å². The SMILES string of the molecule is Cc1ccc(NC(=O)CCc2c[nH]c3ccccc23)c(O)c1. The number of carbonyl (C=O) groups is 1. The quantitative estimate of drug-likeness (QED) is 0.642. The highest BCUT2D eigenvalue weighted by atomic mass is 16.3. The number of phenolic OH excluding ortho intramolecular Hbond substituents is 1. The summed E-state index contributed by atoms with van der Waals surface area (Å²) in [4.78, 5) is 15.3. The maximum atomic E-state index is 12.0. The van der Waals surface area contributed by atoms with Gasteiger partial charge in [-0.3, -0.25) is 4.79 Å². The lowest BCUT2D eigenvalue weighted by molar-refractivity contribution is -0.116. The number of benzene rings is 2. The van der Waals surface area contributed by atoms with E-state index in [1.807, 2.05) is 43.5 Å². The maximum Gasteiger partial charge on any atom is 0.224 e. The summed E-state index contributed by atoms with van der Waals surface area (Å²) >= 11 is 0. The zero-order chi connectivity index (χ0) is 15.5. The molecule has 3 N–H and O–H groups in total. The number of nitrogens with one attached hydrogen (secondary N) is 2. The summed E-state index contributed by atoms with van der Waals surface area (Å²) in [6.45, 7) is 1.89. The van der Waals surface area contributed by atoms with Gasteiger partial charge in [0.2, 0.25) is 5.91 Å². The maximum absolute atomic E-state index is 12.0. The number of amides is 1. The van der Waals surface area contributed by atoms with Crippen LogP contribution < -0.4 is 5.32 Å². The Hall–Kier alpha value is -2.75. The molecule has 1 heterocycles. The summed E-state index contributed by atoms with van der Waals surface area (Å²) in [7, 11) is 0. The van der Waals surface area contributed by atoms with Crippen LogP contribution in [0.1, 0.15) is 17.5 Å². The Balaban J connectivity index is 1.65. The molecule has 1 aromatic heterocycles. The van der Waals surface area contributed by atoms with Gasteiger partial charge in [0, 0.05) is 23.5 Å². The van der Waals surface area contributed by atoms with Crippen molar-refractivity contribution in [3.8, 4) is 5.75 Å². The first kappa shape index (κ1) is 14.2. The highest BCUT2D eigenvalue weighted by Gasteiger charge is 2.09. The molecule has 4 heteroatoms. The Morgan fingerprint density at radius 3 is 2.86 bits per heavy atom. The van der Waals surface area contributed by atoms with Gasteiger partial charge in [-0.05, 0) is 42.7 Å². The van der Waals surface area contributed by atoms with E-state index in [0.717, 1.165) is 22.0 Å². The largest absolute Gasteiger partial charge is 0.506 e. The van der Waals surface area contributed by atoms with Crippen LogP contribution >= 0.6 is 0 Å². The second kappa shape index (κ2) is 5.93. The van der Waals surface area contributed by atoms with Gasteiger partial charge in [0.25, 0.3) is 0 Å². The van der Waals surface area contributed by atoms with E-state index >= 15 is 0 Å². The third-order valence-corrected chi connectivity index (χ3v) is 3.72. The highest BCUT2D eigenvalue weighted by Crippen LogP contribution is 2.24. The van der Waals surface area contributed by atoms with E-state index < -0.39 is 0 Å². The summed E-state index contributed by atoms with van der Waals surface area (Å²) < 4.78 is 0. The first-order chi connectivity index (χ1) is 10.6. The number of aromatic hydroxyl groups is 1. The number of hydrogen-bond acceptors (Lipinski definition) is 2. The van der Waals surface area contributed by atoms with E-state index in [9.17, 15) is 9.90 Å². The van der Waals surface area contributed by atoms with E-state index in [1.165, 1.54) is 0 Å². The van der Waals surface area contributed by atoms with Crippen LogP contribution in [0.3, 0.4) is 0 Å². The van der Waals surface area contributed by atoms with E-state index in [1.54, 1.807) is 12.1 Å². The fourth-order valence-corrected chi connectivity index (χ4v) is 2.55. The number of carbonyl (C=O) groups excluding carboxylic acids is 1. The number of fused-ring (bicyclic) bond motifs is 1. The molecule has 1 amide bonds. The molecule has 0 spiro atoms. The average molecular weight is 294 g/mol. The van der Waals surface area contributed by atoms with Crippen LogP contribution in [-0.4, -0.2) is 16.0 Å². The molecule has 0 saturated heterocycles. The molecule has 0 fully saturated rings. The molecular weight excluding hydrogens is 276 g/mol. The van der Waals surface area contributed by atoms with Crippen LogP contribution in [0.4, 0.5) is 5.69 Å². The summed E-state index contributed by atoms with van der Waals surface area (Å²) in [5.41, 5.74) is 3.61. The van der Waals surface area contributed by atoms with Gasteiger partial charge in [-0.15, -0.1) is 0 Å². The predicted molar refractivity (Wildman–Crippen MR) is 88.1 cm³/mol. The Bertz CT molecular complexity index is 821. The van der Waals surface area contributed by atoms with Crippen LogP contribution in [0.5, 0.6) is 5.75 Å². The summed E-state index contributed by atoms with van der Waals surface area (Å²) in [5, 5.41) is 13.7. The second-order valence-electron chi connectivity index (χ2n) is 5.43.